The van der Waals surface area contributed by atoms with Gasteiger partial charge in [-0.05, 0) is 53.0 Å². The molecule has 0 saturated carbocycles. The first-order valence-corrected chi connectivity index (χ1v) is 14.6. The van der Waals surface area contributed by atoms with Crippen molar-refractivity contribution in [3.8, 4) is 0 Å². The van der Waals surface area contributed by atoms with Crippen LogP contribution in [0.3, 0.4) is 0 Å². The molecular weight excluding hydrogens is 554 g/mol. The van der Waals surface area contributed by atoms with E-state index in [-0.39, 0.29) is 24.9 Å². The van der Waals surface area contributed by atoms with Crippen molar-refractivity contribution in [2.45, 2.75) is 38.9 Å². The largest absolute Gasteiger partial charge is 0.352 e. The number of hydrogen-bond donors (Lipinski definition) is 1. The summed E-state index contributed by atoms with van der Waals surface area (Å²) in [6, 6.07) is 24.7. The lowest BCUT2D eigenvalue weighted by Gasteiger charge is -2.34. The maximum Gasteiger partial charge on any atom is 0.244 e. The number of carbonyl (C=O) groups is 2. The average Bonchev–Trinajstić information content (AvgIpc) is 2.85. The second-order valence-electron chi connectivity index (χ2n) is 9.10. The summed E-state index contributed by atoms with van der Waals surface area (Å²) in [5.41, 5.74) is 2.07. The molecule has 0 fully saturated rings. The zero-order chi connectivity index (χ0) is 27.0. The lowest BCUT2D eigenvalue weighted by molar-refractivity contribution is -0.140. The van der Waals surface area contributed by atoms with E-state index in [9.17, 15) is 18.0 Å². The molecule has 0 spiro atoms. The van der Waals surface area contributed by atoms with E-state index in [1.807, 2.05) is 74.5 Å². The zero-order valence-electron chi connectivity index (χ0n) is 21.2. The molecule has 9 heteroatoms. The SMILES string of the molecule is CC(C)NC(=O)C(Cc1ccccc1)N(Cc1ccccc1)C(=O)CN(c1ccccc1Br)S(C)(=O)=O. The number of nitrogens with zero attached hydrogens (tertiary/aromatic N) is 2. The van der Waals surface area contributed by atoms with Crippen LogP contribution in [0.25, 0.3) is 0 Å². The molecule has 0 saturated heterocycles. The van der Waals surface area contributed by atoms with E-state index in [0.717, 1.165) is 21.7 Å². The summed E-state index contributed by atoms with van der Waals surface area (Å²) in [6.07, 6.45) is 1.35. The number of amides is 2. The Bertz CT molecular complexity index is 1300. The number of para-hydroxylation sites is 1. The average molecular weight is 587 g/mol. The number of nitrogens with one attached hydrogen (secondary N) is 1. The quantitative estimate of drug-likeness (QED) is 0.362. The second-order valence-corrected chi connectivity index (χ2v) is 11.9. The van der Waals surface area contributed by atoms with E-state index >= 15 is 0 Å². The predicted octanol–water partition coefficient (Wildman–Crippen LogP) is 4.38. The van der Waals surface area contributed by atoms with Gasteiger partial charge in [-0.1, -0.05) is 72.8 Å². The second kappa shape index (κ2) is 12.9. The van der Waals surface area contributed by atoms with E-state index < -0.39 is 28.5 Å². The third-order valence-corrected chi connectivity index (χ3v) is 7.50. The third-order valence-electron chi connectivity index (χ3n) is 5.70. The molecule has 2 amide bonds. The van der Waals surface area contributed by atoms with Gasteiger partial charge in [0.1, 0.15) is 12.6 Å². The fourth-order valence-electron chi connectivity index (χ4n) is 3.96. The standard InChI is InChI=1S/C28H32BrN3O4S/c1-21(2)30-28(34)26(18-22-12-6-4-7-13-22)31(19-23-14-8-5-9-15-23)27(33)20-32(37(3,35)36)25-17-11-10-16-24(25)29/h4-17,21,26H,18-20H2,1-3H3,(H,30,34). The van der Waals surface area contributed by atoms with Gasteiger partial charge in [0.15, 0.2) is 0 Å². The number of carbonyl (C=O) groups excluding carboxylic acids is 2. The lowest BCUT2D eigenvalue weighted by atomic mass is 10.0. The summed E-state index contributed by atoms with van der Waals surface area (Å²) in [5.74, 6) is -0.778. The number of rotatable bonds is 11. The highest BCUT2D eigenvalue weighted by Gasteiger charge is 2.33. The van der Waals surface area contributed by atoms with Crippen molar-refractivity contribution in [2.75, 3.05) is 17.1 Å². The van der Waals surface area contributed by atoms with Gasteiger partial charge in [-0.15, -0.1) is 0 Å². The van der Waals surface area contributed by atoms with Crippen LogP contribution in [0.2, 0.25) is 0 Å². The van der Waals surface area contributed by atoms with E-state index in [2.05, 4.69) is 21.2 Å². The summed E-state index contributed by atoms with van der Waals surface area (Å²) in [6.45, 7) is 3.42. The minimum atomic E-state index is -3.81. The Balaban J connectivity index is 2.04. The predicted molar refractivity (Wildman–Crippen MR) is 151 cm³/mol. The van der Waals surface area contributed by atoms with Crippen LogP contribution in [-0.2, 0) is 32.6 Å². The number of sulfonamides is 1. The van der Waals surface area contributed by atoms with Crippen molar-refractivity contribution in [2.24, 2.45) is 0 Å². The van der Waals surface area contributed by atoms with Gasteiger partial charge in [0.25, 0.3) is 0 Å². The molecule has 3 aromatic rings. The molecule has 1 unspecified atom stereocenters. The Morgan fingerprint density at radius 3 is 1.95 bits per heavy atom. The number of anilines is 1. The molecule has 0 heterocycles. The van der Waals surface area contributed by atoms with Crippen molar-refractivity contribution in [3.63, 3.8) is 0 Å². The minimum Gasteiger partial charge on any atom is -0.352 e. The molecule has 0 aliphatic heterocycles. The van der Waals surface area contributed by atoms with Gasteiger partial charge in [0.2, 0.25) is 21.8 Å². The van der Waals surface area contributed by atoms with Crippen LogP contribution in [-0.4, -0.2) is 50.0 Å². The van der Waals surface area contributed by atoms with Crippen molar-refractivity contribution >= 4 is 43.5 Å². The molecule has 3 aromatic carbocycles. The summed E-state index contributed by atoms with van der Waals surface area (Å²) < 4.78 is 27.2. The van der Waals surface area contributed by atoms with Crippen molar-refractivity contribution < 1.29 is 18.0 Å². The molecular formula is C28H32BrN3O4S. The molecule has 0 radical (unpaired) electrons. The van der Waals surface area contributed by atoms with Crippen LogP contribution in [0, 0.1) is 0 Å². The highest BCUT2D eigenvalue weighted by molar-refractivity contribution is 9.10. The summed E-state index contributed by atoms with van der Waals surface area (Å²) in [7, 11) is -3.81. The van der Waals surface area contributed by atoms with Crippen LogP contribution in [0.15, 0.2) is 89.4 Å². The number of benzene rings is 3. The van der Waals surface area contributed by atoms with Gasteiger partial charge >= 0.3 is 0 Å². The van der Waals surface area contributed by atoms with Crippen LogP contribution in [0.5, 0.6) is 0 Å². The summed E-state index contributed by atoms with van der Waals surface area (Å²) in [4.78, 5) is 28.9. The van der Waals surface area contributed by atoms with Crippen molar-refractivity contribution in [3.05, 3.63) is 101 Å². The normalized spacial score (nSPS) is 12.1. The molecule has 7 nitrogen and oxygen atoms in total. The summed E-state index contributed by atoms with van der Waals surface area (Å²) in [5, 5.41) is 2.94. The maximum atomic E-state index is 13.9. The summed E-state index contributed by atoms with van der Waals surface area (Å²) >= 11 is 3.40. The maximum absolute atomic E-state index is 13.9. The first-order chi connectivity index (χ1) is 17.6. The van der Waals surface area contributed by atoms with Crippen LogP contribution in [0.4, 0.5) is 5.69 Å². The fraction of sp³-hybridized carbons (Fsp3) is 0.286. The highest BCUT2D eigenvalue weighted by Crippen LogP contribution is 2.28. The van der Waals surface area contributed by atoms with Crippen LogP contribution >= 0.6 is 15.9 Å². The molecule has 1 atom stereocenters. The van der Waals surface area contributed by atoms with E-state index in [1.54, 1.807) is 24.3 Å². The molecule has 37 heavy (non-hydrogen) atoms. The molecule has 0 aliphatic carbocycles. The van der Waals surface area contributed by atoms with Crippen LogP contribution in [0.1, 0.15) is 25.0 Å². The molecule has 0 aromatic heterocycles. The van der Waals surface area contributed by atoms with Gasteiger partial charge in [-0.2, -0.15) is 0 Å². The molecule has 1 N–H and O–H groups in total. The Labute approximate surface area is 227 Å². The molecule has 196 valence electrons. The molecule has 0 aliphatic rings. The van der Waals surface area contributed by atoms with Gasteiger partial charge in [0, 0.05) is 23.5 Å². The zero-order valence-corrected chi connectivity index (χ0v) is 23.6. The van der Waals surface area contributed by atoms with E-state index in [4.69, 9.17) is 0 Å². The van der Waals surface area contributed by atoms with E-state index in [1.165, 1.54) is 4.90 Å². The molecule has 3 rings (SSSR count). The minimum absolute atomic E-state index is 0.132. The highest BCUT2D eigenvalue weighted by atomic mass is 79.9. The fourth-order valence-corrected chi connectivity index (χ4v) is 5.44. The lowest BCUT2D eigenvalue weighted by Crippen LogP contribution is -2.54. The monoisotopic (exact) mass is 585 g/mol. The van der Waals surface area contributed by atoms with Crippen molar-refractivity contribution in [1.82, 2.24) is 10.2 Å². The van der Waals surface area contributed by atoms with Crippen molar-refractivity contribution in [1.29, 1.82) is 0 Å². The third kappa shape index (κ3) is 8.16. The first kappa shape index (κ1) is 28.4. The van der Waals surface area contributed by atoms with Gasteiger partial charge in [-0.25, -0.2) is 8.42 Å². The van der Waals surface area contributed by atoms with Crippen LogP contribution < -0.4 is 9.62 Å². The first-order valence-electron chi connectivity index (χ1n) is 12.0. The van der Waals surface area contributed by atoms with Gasteiger partial charge in [0.05, 0.1) is 11.9 Å². The Morgan fingerprint density at radius 2 is 1.41 bits per heavy atom. The van der Waals surface area contributed by atoms with E-state index in [0.29, 0.717) is 10.2 Å². The van der Waals surface area contributed by atoms with Gasteiger partial charge in [-0.3, -0.25) is 13.9 Å². The van der Waals surface area contributed by atoms with Gasteiger partial charge < -0.3 is 10.2 Å². The Morgan fingerprint density at radius 1 is 0.865 bits per heavy atom. The molecule has 0 bridgehead atoms. The Kier molecular flexibility index (Phi) is 9.88. The Hall–Kier alpha value is -3.17. The number of hydrogen-bond acceptors (Lipinski definition) is 4. The number of halogens is 1. The smallest absolute Gasteiger partial charge is 0.244 e. The topological polar surface area (TPSA) is 86.8 Å².